The molecule has 0 saturated carbocycles. The van der Waals surface area contributed by atoms with E-state index in [1.807, 2.05) is 6.07 Å². The minimum Gasteiger partial charge on any atom is -0.314 e. The number of hydrogen-bond acceptors (Lipinski definition) is 2. The highest BCUT2D eigenvalue weighted by Gasteiger charge is 2.32. The average Bonchev–Trinajstić information content (AvgIpc) is 2.81. The number of fused-ring (bicyclic) bond motifs is 1. The minimum absolute atomic E-state index is 0.118. The van der Waals surface area contributed by atoms with Crippen LogP contribution in [0, 0.1) is 18.7 Å². The van der Waals surface area contributed by atoms with Crippen molar-refractivity contribution in [3.8, 4) is 0 Å². The maximum Gasteiger partial charge on any atom is 0.123 e. The number of nitrogens with zero attached hydrogens (tertiary/aromatic N) is 1. The number of rotatable bonds is 2. The molecule has 2 nitrogen and oxygen atoms in total. The molecule has 3 heteroatoms. The first-order valence-corrected chi connectivity index (χ1v) is 6.93. The Morgan fingerprint density at radius 1 is 1.39 bits per heavy atom. The minimum atomic E-state index is -0.118. The quantitative estimate of drug-likeness (QED) is 0.864. The summed E-state index contributed by atoms with van der Waals surface area (Å²) in [5.41, 5.74) is 2.34. The van der Waals surface area contributed by atoms with Gasteiger partial charge >= 0.3 is 0 Å². The second-order valence-corrected chi connectivity index (χ2v) is 5.70. The number of aryl methyl sites for hydroxylation is 1. The van der Waals surface area contributed by atoms with E-state index >= 15 is 0 Å². The molecule has 2 saturated heterocycles. The van der Waals surface area contributed by atoms with Crippen molar-refractivity contribution in [2.24, 2.45) is 5.92 Å². The smallest absolute Gasteiger partial charge is 0.123 e. The zero-order valence-electron chi connectivity index (χ0n) is 11.0. The van der Waals surface area contributed by atoms with Crippen LogP contribution in [0.4, 0.5) is 4.39 Å². The van der Waals surface area contributed by atoms with E-state index in [0.29, 0.717) is 0 Å². The Hall–Kier alpha value is -0.930. The second-order valence-electron chi connectivity index (χ2n) is 5.70. The molecule has 1 N–H and O–H groups in total. The first-order chi connectivity index (χ1) is 8.72. The predicted octanol–water partition coefficient (Wildman–Crippen LogP) is 2.32. The van der Waals surface area contributed by atoms with Gasteiger partial charge in [0.05, 0.1) is 0 Å². The molecule has 2 heterocycles. The lowest BCUT2D eigenvalue weighted by Crippen LogP contribution is -2.44. The summed E-state index contributed by atoms with van der Waals surface area (Å²) in [7, 11) is 0. The van der Waals surface area contributed by atoms with Crippen LogP contribution >= 0.6 is 0 Å². The molecular weight excluding hydrogens is 227 g/mol. The second kappa shape index (κ2) is 4.98. The van der Waals surface area contributed by atoms with Crippen LogP contribution in [0.1, 0.15) is 24.0 Å². The molecule has 3 rings (SSSR count). The summed E-state index contributed by atoms with van der Waals surface area (Å²) in [6, 6.07) is 5.85. The normalized spacial score (nSPS) is 28.3. The Labute approximate surface area is 108 Å². The van der Waals surface area contributed by atoms with Crippen LogP contribution in [0.2, 0.25) is 0 Å². The first kappa shape index (κ1) is 12.1. The Morgan fingerprint density at radius 2 is 2.28 bits per heavy atom. The number of benzene rings is 1. The SMILES string of the molecule is Cc1ccc(F)cc1CN1CCC2NCCC2C1. The third-order valence-electron chi connectivity index (χ3n) is 4.44. The molecule has 1 aromatic rings. The van der Waals surface area contributed by atoms with Crippen LogP contribution in [-0.4, -0.2) is 30.6 Å². The van der Waals surface area contributed by atoms with Crippen molar-refractivity contribution < 1.29 is 4.39 Å². The highest BCUT2D eigenvalue weighted by molar-refractivity contribution is 5.26. The van der Waals surface area contributed by atoms with Gasteiger partial charge in [-0.15, -0.1) is 0 Å². The van der Waals surface area contributed by atoms with E-state index in [1.165, 1.54) is 24.9 Å². The van der Waals surface area contributed by atoms with Gasteiger partial charge in [-0.1, -0.05) is 6.07 Å². The molecule has 0 radical (unpaired) electrons. The summed E-state index contributed by atoms with van der Waals surface area (Å²) in [4.78, 5) is 2.48. The fraction of sp³-hybridized carbons (Fsp3) is 0.600. The molecular formula is C15H21FN2. The van der Waals surface area contributed by atoms with E-state index in [4.69, 9.17) is 0 Å². The number of likely N-dealkylation sites (tertiary alicyclic amines) is 1. The maximum absolute atomic E-state index is 13.3. The van der Waals surface area contributed by atoms with Crippen molar-refractivity contribution in [3.63, 3.8) is 0 Å². The fourth-order valence-electron chi connectivity index (χ4n) is 3.32. The van der Waals surface area contributed by atoms with Crippen molar-refractivity contribution in [3.05, 3.63) is 35.1 Å². The van der Waals surface area contributed by atoms with Gasteiger partial charge in [0.1, 0.15) is 5.82 Å². The van der Waals surface area contributed by atoms with E-state index < -0.39 is 0 Å². The zero-order chi connectivity index (χ0) is 12.5. The zero-order valence-corrected chi connectivity index (χ0v) is 11.0. The van der Waals surface area contributed by atoms with E-state index in [2.05, 4.69) is 17.1 Å². The van der Waals surface area contributed by atoms with Crippen molar-refractivity contribution in [2.75, 3.05) is 19.6 Å². The predicted molar refractivity (Wildman–Crippen MR) is 70.9 cm³/mol. The van der Waals surface area contributed by atoms with Crippen LogP contribution < -0.4 is 5.32 Å². The largest absolute Gasteiger partial charge is 0.314 e. The molecule has 0 bridgehead atoms. The van der Waals surface area contributed by atoms with Gasteiger partial charge < -0.3 is 5.32 Å². The van der Waals surface area contributed by atoms with Gasteiger partial charge in [-0.25, -0.2) is 4.39 Å². The van der Waals surface area contributed by atoms with Crippen LogP contribution in [0.5, 0.6) is 0 Å². The van der Waals surface area contributed by atoms with E-state index in [9.17, 15) is 4.39 Å². The third kappa shape index (κ3) is 2.43. The van der Waals surface area contributed by atoms with E-state index in [1.54, 1.807) is 12.1 Å². The molecule has 0 aliphatic carbocycles. The molecule has 2 fully saturated rings. The van der Waals surface area contributed by atoms with Gasteiger partial charge in [-0.2, -0.15) is 0 Å². The summed E-state index contributed by atoms with van der Waals surface area (Å²) in [6.07, 6.45) is 2.53. The van der Waals surface area contributed by atoms with Crippen molar-refractivity contribution in [2.45, 2.75) is 32.4 Å². The Bertz CT molecular complexity index is 433. The highest BCUT2D eigenvalue weighted by Crippen LogP contribution is 2.26. The molecule has 1 aromatic carbocycles. The molecule has 2 aliphatic heterocycles. The Balaban J connectivity index is 1.67. The number of halogens is 1. The summed E-state index contributed by atoms with van der Waals surface area (Å²) >= 11 is 0. The molecule has 0 aromatic heterocycles. The lowest BCUT2D eigenvalue weighted by atomic mass is 9.93. The first-order valence-electron chi connectivity index (χ1n) is 6.93. The lowest BCUT2D eigenvalue weighted by Gasteiger charge is -2.35. The van der Waals surface area contributed by atoms with Crippen LogP contribution in [-0.2, 0) is 6.54 Å². The van der Waals surface area contributed by atoms with Gasteiger partial charge in [0.2, 0.25) is 0 Å². The van der Waals surface area contributed by atoms with E-state index in [0.717, 1.165) is 37.2 Å². The average molecular weight is 248 g/mol. The highest BCUT2D eigenvalue weighted by atomic mass is 19.1. The molecule has 2 atom stereocenters. The summed E-state index contributed by atoms with van der Waals surface area (Å²) in [5, 5.41) is 3.58. The Kier molecular flexibility index (Phi) is 3.35. The number of nitrogens with one attached hydrogen (secondary N) is 1. The summed E-state index contributed by atoms with van der Waals surface area (Å²) in [5.74, 6) is 0.681. The van der Waals surface area contributed by atoms with Gasteiger partial charge in [0.15, 0.2) is 0 Å². The molecule has 2 unspecified atom stereocenters. The standard InChI is InChI=1S/C15H21FN2/c1-11-2-3-14(16)8-13(11)10-18-7-5-15-12(9-18)4-6-17-15/h2-3,8,12,15,17H,4-7,9-10H2,1H3. The van der Waals surface area contributed by atoms with Gasteiger partial charge in [0.25, 0.3) is 0 Å². The van der Waals surface area contributed by atoms with Crippen molar-refractivity contribution in [1.82, 2.24) is 10.2 Å². The van der Waals surface area contributed by atoms with Gasteiger partial charge in [0, 0.05) is 19.1 Å². The number of piperidine rings is 1. The molecule has 18 heavy (non-hydrogen) atoms. The van der Waals surface area contributed by atoms with Crippen LogP contribution in [0.25, 0.3) is 0 Å². The van der Waals surface area contributed by atoms with Crippen molar-refractivity contribution in [1.29, 1.82) is 0 Å². The van der Waals surface area contributed by atoms with Crippen LogP contribution in [0.15, 0.2) is 18.2 Å². The Morgan fingerprint density at radius 3 is 3.17 bits per heavy atom. The van der Waals surface area contributed by atoms with Crippen LogP contribution in [0.3, 0.4) is 0 Å². The molecule has 0 amide bonds. The number of hydrogen-bond donors (Lipinski definition) is 1. The van der Waals surface area contributed by atoms with Gasteiger partial charge in [-0.05, 0) is 62.0 Å². The summed E-state index contributed by atoms with van der Waals surface area (Å²) in [6.45, 7) is 6.42. The monoisotopic (exact) mass is 248 g/mol. The molecule has 2 aliphatic rings. The summed E-state index contributed by atoms with van der Waals surface area (Å²) < 4.78 is 13.3. The molecule has 0 spiro atoms. The fourth-order valence-corrected chi connectivity index (χ4v) is 3.32. The van der Waals surface area contributed by atoms with Gasteiger partial charge in [-0.3, -0.25) is 4.90 Å². The lowest BCUT2D eigenvalue weighted by molar-refractivity contribution is 0.155. The third-order valence-corrected chi connectivity index (χ3v) is 4.44. The van der Waals surface area contributed by atoms with E-state index in [-0.39, 0.29) is 5.82 Å². The van der Waals surface area contributed by atoms with Crippen molar-refractivity contribution >= 4 is 0 Å². The molecule has 98 valence electrons. The topological polar surface area (TPSA) is 15.3 Å². The maximum atomic E-state index is 13.3.